The third-order valence-corrected chi connectivity index (χ3v) is 2.84. The van der Waals surface area contributed by atoms with Gasteiger partial charge in [0.25, 0.3) is 0 Å². The van der Waals surface area contributed by atoms with Gasteiger partial charge in [0.2, 0.25) is 0 Å². The van der Waals surface area contributed by atoms with E-state index < -0.39 is 0 Å². The molecule has 2 rings (SSSR count). The third kappa shape index (κ3) is 3.25. The molecule has 1 atom stereocenters. The first-order chi connectivity index (χ1) is 8.06. The molecule has 3 heteroatoms. The van der Waals surface area contributed by atoms with E-state index in [1.54, 1.807) is 12.1 Å². The van der Waals surface area contributed by atoms with Gasteiger partial charge < -0.3 is 10.8 Å². The van der Waals surface area contributed by atoms with Gasteiger partial charge in [-0.25, -0.2) is 0 Å². The zero-order valence-electron chi connectivity index (χ0n) is 10.4. The lowest BCUT2D eigenvalue weighted by molar-refractivity contribution is 0.476. The van der Waals surface area contributed by atoms with E-state index in [1.165, 1.54) is 0 Å². The number of fused-ring (bicyclic) bond motifs is 1. The molecule has 0 spiro atoms. The van der Waals surface area contributed by atoms with Gasteiger partial charge in [0.15, 0.2) is 0 Å². The summed E-state index contributed by atoms with van der Waals surface area (Å²) < 4.78 is 0. The van der Waals surface area contributed by atoms with Gasteiger partial charge in [0, 0.05) is 6.04 Å². The minimum Gasteiger partial charge on any atom is -0.508 e. The number of rotatable bonds is 3. The van der Waals surface area contributed by atoms with Crippen LogP contribution in [0, 0.1) is 0 Å². The molecule has 0 aliphatic rings. The lowest BCUT2D eigenvalue weighted by atomic mass is 9.98. The van der Waals surface area contributed by atoms with Gasteiger partial charge in [-0.2, -0.15) is 0 Å². The molecule has 0 aliphatic carbocycles. The van der Waals surface area contributed by atoms with Crippen LogP contribution in [-0.4, -0.2) is 5.11 Å². The number of benzene rings is 2. The summed E-state index contributed by atoms with van der Waals surface area (Å²) in [6.45, 7) is 5.87. The van der Waals surface area contributed by atoms with Crippen molar-refractivity contribution < 1.29 is 5.11 Å². The number of phenols is 1. The quantitative estimate of drug-likeness (QED) is 0.824. The molecule has 18 heavy (non-hydrogen) atoms. The molecule has 2 aromatic rings. The molecule has 0 fully saturated rings. The number of phenolic OH excluding ortho intramolecular Hbond substituents is 1. The summed E-state index contributed by atoms with van der Waals surface area (Å²) >= 11 is 0. The first kappa shape index (κ1) is 14.6. The summed E-state index contributed by atoms with van der Waals surface area (Å²) in [5.41, 5.74) is 8.30. The van der Waals surface area contributed by atoms with Gasteiger partial charge in [-0.05, 0) is 47.9 Å². The van der Waals surface area contributed by atoms with Gasteiger partial charge >= 0.3 is 0 Å². The average Bonchev–Trinajstić information content (AvgIpc) is 2.27. The number of hydrogen-bond donors (Lipinski definition) is 2. The Bertz CT molecular complexity index is 565. The highest BCUT2D eigenvalue weighted by Gasteiger charge is 2.06. The molecule has 2 nitrogen and oxygen atoms in total. The van der Waals surface area contributed by atoms with Gasteiger partial charge in [-0.15, -0.1) is 19.0 Å². The molecule has 0 saturated heterocycles. The van der Waals surface area contributed by atoms with Crippen LogP contribution in [-0.2, 0) is 0 Å². The molecule has 0 aromatic heterocycles. The van der Waals surface area contributed by atoms with E-state index in [-0.39, 0.29) is 24.2 Å². The fourth-order valence-electron chi connectivity index (χ4n) is 1.98. The van der Waals surface area contributed by atoms with Crippen LogP contribution in [0.5, 0.6) is 5.75 Å². The Morgan fingerprint density at radius 1 is 1.22 bits per heavy atom. The van der Waals surface area contributed by atoms with E-state index in [0.717, 1.165) is 28.3 Å². The average molecular weight is 264 g/mol. The second kappa shape index (κ2) is 5.89. The van der Waals surface area contributed by atoms with Crippen molar-refractivity contribution in [2.45, 2.75) is 19.4 Å². The third-order valence-electron chi connectivity index (χ3n) is 2.84. The number of halogens is 1. The first-order valence-electron chi connectivity index (χ1n) is 5.69. The Labute approximate surface area is 114 Å². The van der Waals surface area contributed by atoms with Crippen LogP contribution >= 0.6 is 12.4 Å². The summed E-state index contributed by atoms with van der Waals surface area (Å²) in [5.74, 6) is 0.288. The largest absolute Gasteiger partial charge is 0.508 e. The second-order valence-corrected chi connectivity index (χ2v) is 4.56. The number of hydrogen-bond acceptors (Lipinski definition) is 2. The Morgan fingerprint density at radius 2 is 1.83 bits per heavy atom. The predicted molar refractivity (Wildman–Crippen MR) is 79.2 cm³/mol. The zero-order chi connectivity index (χ0) is 12.4. The number of nitrogens with two attached hydrogens (primary N) is 1. The molecule has 0 aliphatic heterocycles. The molecule has 0 radical (unpaired) electrons. The van der Waals surface area contributed by atoms with E-state index >= 15 is 0 Å². The summed E-state index contributed by atoms with van der Waals surface area (Å²) in [6, 6.07) is 11.4. The van der Waals surface area contributed by atoms with Crippen LogP contribution in [0.4, 0.5) is 0 Å². The van der Waals surface area contributed by atoms with Crippen LogP contribution in [0.15, 0.2) is 48.6 Å². The highest BCUT2D eigenvalue weighted by Crippen LogP contribution is 2.25. The van der Waals surface area contributed by atoms with Crippen molar-refractivity contribution in [3.63, 3.8) is 0 Å². The van der Waals surface area contributed by atoms with Crippen molar-refractivity contribution in [3.8, 4) is 5.75 Å². The molecule has 2 aromatic carbocycles. The summed E-state index contributed by atoms with van der Waals surface area (Å²) in [5, 5.41) is 11.5. The van der Waals surface area contributed by atoms with Gasteiger partial charge in [0.1, 0.15) is 5.75 Å². The van der Waals surface area contributed by atoms with Crippen LogP contribution in [0.2, 0.25) is 0 Å². The highest BCUT2D eigenvalue weighted by molar-refractivity contribution is 5.85. The molecule has 0 unspecified atom stereocenters. The summed E-state index contributed by atoms with van der Waals surface area (Å²) in [7, 11) is 0. The molecular weight excluding hydrogens is 246 g/mol. The molecule has 0 heterocycles. The van der Waals surface area contributed by atoms with Crippen LogP contribution in [0.25, 0.3) is 10.8 Å². The second-order valence-electron chi connectivity index (χ2n) is 4.56. The molecule has 3 N–H and O–H groups in total. The van der Waals surface area contributed by atoms with E-state index in [9.17, 15) is 5.11 Å². The maximum Gasteiger partial charge on any atom is 0.116 e. The normalized spacial score (nSPS) is 11.9. The Hall–Kier alpha value is -1.51. The topological polar surface area (TPSA) is 46.2 Å². The minimum absolute atomic E-state index is 0. The van der Waals surface area contributed by atoms with Crippen LogP contribution in [0.1, 0.15) is 24.9 Å². The lowest BCUT2D eigenvalue weighted by Crippen LogP contribution is -2.10. The molecule has 0 amide bonds. The van der Waals surface area contributed by atoms with Crippen molar-refractivity contribution in [2.75, 3.05) is 0 Å². The van der Waals surface area contributed by atoms with Crippen molar-refractivity contribution in [3.05, 3.63) is 54.1 Å². The van der Waals surface area contributed by atoms with Crippen molar-refractivity contribution in [2.24, 2.45) is 5.73 Å². The van der Waals surface area contributed by atoms with Gasteiger partial charge in [-0.3, -0.25) is 0 Å². The SMILES string of the molecule is C=C(C)C[C@@H](N)c1ccc2cc(O)ccc2c1.Cl. The molecule has 96 valence electrons. The molecule has 0 saturated carbocycles. The zero-order valence-corrected chi connectivity index (χ0v) is 11.2. The van der Waals surface area contributed by atoms with Crippen molar-refractivity contribution in [1.82, 2.24) is 0 Å². The fraction of sp³-hybridized carbons (Fsp3) is 0.200. The van der Waals surface area contributed by atoms with Crippen molar-refractivity contribution >= 4 is 23.2 Å². The smallest absolute Gasteiger partial charge is 0.116 e. The van der Waals surface area contributed by atoms with E-state index in [0.29, 0.717) is 0 Å². The molecule has 0 bridgehead atoms. The number of aromatic hydroxyl groups is 1. The van der Waals surface area contributed by atoms with E-state index in [1.807, 2.05) is 25.1 Å². The maximum absolute atomic E-state index is 9.39. The highest BCUT2D eigenvalue weighted by atomic mass is 35.5. The van der Waals surface area contributed by atoms with Crippen molar-refractivity contribution in [1.29, 1.82) is 0 Å². The monoisotopic (exact) mass is 263 g/mol. The fourth-order valence-corrected chi connectivity index (χ4v) is 1.98. The van der Waals surface area contributed by atoms with E-state index in [2.05, 4.69) is 12.6 Å². The summed E-state index contributed by atoms with van der Waals surface area (Å²) in [6.07, 6.45) is 0.795. The Kier molecular flexibility index (Phi) is 4.76. The standard InChI is InChI=1S/C15H17NO.ClH/c1-10(2)7-15(16)13-4-3-12-9-14(17)6-5-11(12)8-13;/h3-6,8-9,15,17H,1,7,16H2,2H3;1H/t15-;/m1./s1. The Balaban J connectivity index is 0.00000162. The Morgan fingerprint density at radius 3 is 2.50 bits per heavy atom. The van der Waals surface area contributed by atoms with Gasteiger partial charge in [0.05, 0.1) is 0 Å². The molecular formula is C15H18ClNO. The predicted octanol–water partition coefficient (Wildman–Crippen LogP) is 3.93. The van der Waals surface area contributed by atoms with Crippen LogP contribution < -0.4 is 5.73 Å². The first-order valence-corrected chi connectivity index (χ1v) is 5.69. The van der Waals surface area contributed by atoms with E-state index in [4.69, 9.17) is 5.73 Å². The summed E-state index contributed by atoms with van der Waals surface area (Å²) in [4.78, 5) is 0. The van der Waals surface area contributed by atoms with Gasteiger partial charge in [-0.1, -0.05) is 23.8 Å². The van der Waals surface area contributed by atoms with Crippen LogP contribution in [0.3, 0.4) is 0 Å². The lowest BCUT2D eigenvalue weighted by Gasteiger charge is -2.12. The maximum atomic E-state index is 9.39. The minimum atomic E-state index is -0.00861.